The van der Waals surface area contributed by atoms with Crippen LogP contribution in [0.25, 0.3) is 0 Å². The lowest BCUT2D eigenvalue weighted by molar-refractivity contribution is 0.439. The molecule has 0 bridgehead atoms. The highest BCUT2D eigenvalue weighted by Gasteiger charge is 2.16. The van der Waals surface area contributed by atoms with E-state index in [9.17, 15) is 13.2 Å². The average Bonchev–Trinajstić information content (AvgIpc) is 2.16. The number of benzene rings is 1. The zero-order chi connectivity index (χ0) is 10.7. The van der Waals surface area contributed by atoms with E-state index in [4.69, 9.17) is 0 Å². The van der Waals surface area contributed by atoms with Crippen molar-refractivity contribution < 1.29 is 13.2 Å². The molecule has 1 rings (SSSR count). The monoisotopic (exact) mass is 202 g/mol. The third-order valence-electron chi connectivity index (χ3n) is 2.23. The van der Waals surface area contributed by atoms with Gasteiger partial charge in [-0.25, -0.2) is 13.2 Å². The van der Waals surface area contributed by atoms with Crippen LogP contribution in [0, 0.1) is 17.5 Å². The molecule has 0 spiro atoms. The Labute approximate surface area is 81.8 Å². The van der Waals surface area contributed by atoms with Crippen molar-refractivity contribution in [3.8, 4) is 0 Å². The fourth-order valence-electron chi connectivity index (χ4n) is 1.56. The third kappa shape index (κ3) is 1.91. The predicted molar refractivity (Wildman–Crippen MR) is 49.7 cm³/mol. The molecule has 3 heteroatoms. The van der Waals surface area contributed by atoms with E-state index in [0.717, 1.165) is 12.5 Å². The summed E-state index contributed by atoms with van der Waals surface area (Å²) in [4.78, 5) is 0. The van der Waals surface area contributed by atoms with Crippen molar-refractivity contribution in [1.29, 1.82) is 0 Å². The Hall–Kier alpha value is -0.990. The molecule has 0 atom stereocenters. The molecule has 0 radical (unpaired) electrons. The lowest BCUT2D eigenvalue weighted by Gasteiger charge is -2.09. The minimum atomic E-state index is -1.36. The van der Waals surface area contributed by atoms with Crippen LogP contribution in [-0.4, -0.2) is 0 Å². The predicted octanol–water partition coefficient (Wildman–Crippen LogP) is 3.62. The molecule has 0 aliphatic carbocycles. The molecule has 0 aliphatic rings. The highest BCUT2D eigenvalue weighted by Crippen LogP contribution is 2.21. The van der Waals surface area contributed by atoms with Crippen LogP contribution >= 0.6 is 0 Å². The molecule has 1 aromatic rings. The standard InChI is InChI=1S/C11H13F3/c1-3-5-7-6-9(12)11(14)10(13)8(7)4-2/h6H,3-5H2,1-2H3. The number of aryl methyl sites for hydroxylation is 1. The average molecular weight is 202 g/mol. The first kappa shape index (κ1) is 11.1. The van der Waals surface area contributed by atoms with E-state index in [1.54, 1.807) is 6.92 Å². The van der Waals surface area contributed by atoms with Crippen molar-refractivity contribution in [2.45, 2.75) is 33.1 Å². The molecule has 0 fully saturated rings. The molecule has 0 saturated heterocycles. The van der Waals surface area contributed by atoms with E-state index in [1.807, 2.05) is 6.92 Å². The van der Waals surface area contributed by atoms with Crippen molar-refractivity contribution in [3.05, 3.63) is 34.6 Å². The topological polar surface area (TPSA) is 0 Å². The van der Waals surface area contributed by atoms with Crippen molar-refractivity contribution in [2.75, 3.05) is 0 Å². The highest BCUT2D eigenvalue weighted by atomic mass is 19.2. The maximum atomic E-state index is 13.2. The normalized spacial score (nSPS) is 10.6. The summed E-state index contributed by atoms with van der Waals surface area (Å²) >= 11 is 0. The van der Waals surface area contributed by atoms with Gasteiger partial charge in [-0.15, -0.1) is 0 Å². The second-order valence-electron chi connectivity index (χ2n) is 3.23. The molecule has 14 heavy (non-hydrogen) atoms. The van der Waals surface area contributed by atoms with Crippen molar-refractivity contribution in [3.63, 3.8) is 0 Å². The van der Waals surface area contributed by atoms with Gasteiger partial charge in [-0.3, -0.25) is 0 Å². The van der Waals surface area contributed by atoms with Crippen LogP contribution in [-0.2, 0) is 12.8 Å². The van der Waals surface area contributed by atoms with Crippen LogP contribution in [0.4, 0.5) is 13.2 Å². The van der Waals surface area contributed by atoms with E-state index in [1.165, 1.54) is 0 Å². The van der Waals surface area contributed by atoms with Crippen LogP contribution in [0.1, 0.15) is 31.4 Å². The molecule has 0 heterocycles. The van der Waals surface area contributed by atoms with E-state index in [2.05, 4.69) is 0 Å². The van der Waals surface area contributed by atoms with Crippen molar-refractivity contribution >= 4 is 0 Å². The minimum absolute atomic E-state index is 0.297. The zero-order valence-electron chi connectivity index (χ0n) is 8.33. The van der Waals surface area contributed by atoms with Crippen LogP contribution in [0.5, 0.6) is 0 Å². The van der Waals surface area contributed by atoms with Gasteiger partial charge in [0.25, 0.3) is 0 Å². The summed E-state index contributed by atoms with van der Waals surface area (Å²) in [5, 5.41) is 0. The molecular formula is C11H13F3. The zero-order valence-corrected chi connectivity index (χ0v) is 8.33. The quantitative estimate of drug-likeness (QED) is 0.657. The van der Waals surface area contributed by atoms with E-state index >= 15 is 0 Å². The van der Waals surface area contributed by atoms with Crippen LogP contribution < -0.4 is 0 Å². The first-order chi connectivity index (χ1) is 6.61. The van der Waals surface area contributed by atoms with Crippen LogP contribution in [0.3, 0.4) is 0 Å². The van der Waals surface area contributed by atoms with Gasteiger partial charge in [0.2, 0.25) is 0 Å². The Kier molecular flexibility index (Phi) is 3.55. The van der Waals surface area contributed by atoms with Gasteiger partial charge in [0.05, 0.1) is 0 Å². The SMILES string of the molecule is CCCc1cc(F)c(F)c(F)c1CC. The van der Waals surface area contributed by atoms with Crippen LogP contribution in [0.15, 0.2) is 6.07 Å². The first-order valence-corrected chi connectivity index (χ1v) is 4.77. The Balaban J connectivity index is 3.28. The molecule has 0 amide bonds. The Bertz CT molecular complexity index is 332. The number of hydrogen-bond donors (Lipinski definition) is 0. The molecule has 78 valence electrons. The van der Waals surface area contributed by atoms with Crippen molar-refractivity contribution in [2.24, 2.45) is 0 Å². The molecule has 0 N–H and O–H groups in total. The maximum absolute atomic E-state index is 13.2. The first-order valence-electron chi connectivity index (χ1n) is 4.77. The Morgan fingerprint density at radius 1 is 1.07 bits per heavy atom. The van der Waals surface area contributed by atoms with Gasteiger partial charge in [0.1, 0.15) is 0 Å². The van der Waals surface area contributed by atoms with Gasteiger partial charge in [0, 0.05) is 0 Å². The number of rotatable bonds is 3. The van der Waals surface area contributed by atoms with E-state index in [-0.39, 0.29) is 0 Å². The molecule has 0 unspecified atom stereocenters. The van der Waals surface area contributed by atoms with Gasteiger partial charge in [-0.2, -0.15) is 0 Å². The molecule has 0 aliphatic heterocycles. The Morgan fingerprint density at radius 3 is 2.21 bits per heavy atom. The summed E-state index contributed by atoms with van der Waals surface area (Å²) in [6.07, 6.45) is 1.76. The van der Waals surface area contributed by atoms with Gasteiger partial charge in [-0.05, 0) is 30.0 Å². The summed E-state index contributed by atoms with van der Waals surface area (Å²) in [5.74, 6) is -3.49. The van der Waals surface area contributed by atoms with E-state index in [0.29, 0.717) is 24.0 Å². The van der Waals surface area contributed by atoms with Gasteiger partial charge in [0.15, 0.2) is 17.5 Å². The second kappa shape index (κ2) is 4.49. The van der Waals surface area contributed by atoms with Gasteiger partial charge >= 0.3 is 0 Å². The van der Waals surface area contributed by atoms with Gasteiger partial charge < -0.3 is 0 Å². The second-order valence-corrected chi connectivity index (χ2v) is 3.23. The summed E-state index contributed by atoms with van der Waals surface area (Å²) in [6, 6.07) is 1.10. The molecule has 0 saturated carbocycles. The summed E-state index contributed by atoms with van der Waals surface area (Å²) in [6.45, 7) is 3.65. The lowest BCUT2D eigenvalue weighted by atomic mass is 10.00. The fraction of sp³-hybridized carbons (Fsp3) is 0.455. The summed E-state index contributed by atoms with van der Waals surface area (Å²) in [7, 11) is 0. The Morgan fingerprint density at radius 2 is 1.71 bits per heavy atom. The third-order valence-corrected chi connectivity index (χ3v) is 2.23. The summed E-state index contributed by atoms with van der Waals surface area (Å²) in [5.41, 5.74) is 0.872. The maximum Gasteiger partial charge on any atom is 0.194 e. The summed E-state index contributed by atoms with van der Waals surface area (Å²) < 4.78 is 38.9. The lowest BCUT2D eigenvalue weighted by Crippen LogP contribution is -2.03. The van der Waals surface area contributed by atoms with Crippen molar-refractivity contribution in [1.82, 2.24) is 0 Å². The smallest absolute Gasteiger partial charge is 0.194 e. The molecule has 0 aromatic heterocycles. The molecule has 1 aromatic carbocycles. The highest BCUT2D eigenvalue weighted by molar-refractivity contribution is 5.30. The number of halogens is 3. The van der Waals surface area contributed by atoms with Gasteiger partial charge in [-0.1, -0.05) is 20.3 Å². The molecule has 0 nitrogen and oxygen atoms in total. The fourth-order valence-corrected chi connectivity index (χ4v) is 1.56. The van der Waals surface area contributed by atoms with E-state index < -0.39 is 17.5 Å². The largest absolute Gasteiger partial charge is 0.204 e. The molecular weight excluding hydrogens is 189 g/mol. The van der Waals surface area contributed by atoms with Crippen LogP contribution in [0.2, 0.25) is 0 Å². The number of hydrogen-bond acceptors (Lipinski definition) is 0. The minimum Gasteiger partial charge on any atom is -0.204 e.